The summed E-state index contributed by atoms with van der Waals surface area (Å²) >= 11 is 6.25. The second-order valence-corrected chi connectivity index (χ2v) is 6.41. The topological polar surface area (TPSA) is 76.5 Å². The molecule has 1 aromatic carbocycles. The highest BCUT2D eigenvalue weighted by molar-refractivity contribution is 6.31. The smallest absolute Gasteiger partial charge is 0.237 e. The van der Waals surface area contributed by atoms with Crippen molar-refractivity contribution in [3.63, 3.8) is 0 Å². The monoisotopic (exact) mass is 366 g/mol. The number of rotatable bonds is 5. The van der Waals surface area contributed by atoms with Crippen molar-refractivity contribution in [2.75, 3.05) is 33.0 Å². The van der Waals surface area contributed by atoms with E-state index in [1.54, 1.807) is 32.1 Å². The number of nitrogens with zero attached hydrogens (tertiary/aromatic N) is 2. The first kappa shape index (κ1) is 18.9. The van der Waals surface area contributed by atoms with Gasteiger partial charge in [0.25, 0.3) is 0 Å². The van der Waals surface area contributed by atoms with E-state index in [1.807, 2.05) is 0 Å². The summed E-state index contributed by atoms with van der Waals surface area (Å²) in [5, 5.41) is 10.4. The number of amides is 2. The molecule has 25 heavy (non-hydrogen) atoms. The molecule has 1 heterocycles. The fourth-order valence-corrected chi connectivity index (χ4v) is 3.02. The molecule has 0 aromatic heterocycles. The number of carbonyl (C=O) groups is 2. The molecule has 2 amide bonds. The first-order valence-corrected chi connectivity index (χ1v) is 8.03. The molecular formula is C17H20ClFN4O2. The number of hydrogen-bond acceptors (Lipinski definition) is 4. The molecule has 1 aliphatic rings. The van der Waals surface area contributed by atoms with Crippen molar-refractivity contribution in [2.24, 2.45) is 11.8 Å². The summed E-state index contributed by atoms with van der Waals surface area (Å²) < 4.78 is 13.8. The molecule has 1 fully saturated rings. The average molecular weight is 367 g/mol. The van der Waals surface area contributed by atoms with Crippen molar-refractivity contribution in [1.29, 1.82) is 5.41 Å². The predicted octanol–water partition coefficient (Wildman–Crippen LogP) is 2.13. The summed E-state index contributed by atoms with van der Waals surface area (Å²) in [5.41, 5.74) is 0.394. The third-order valence-electron chi connectivity index (χ3n) is 4.12. The van der Waals surface area contributed by atoms with E-state index >= 15 is 0 Å². The molecule has 6 nitrogen and oxygen atoms in total. The second-order valence-electron chi connectivity index (χ2n) is 6.06. The number of para-hydroxylation sites is 1. The highest BCUT2D eigenvalue weighted by Gasteiger charge is 2.45. The highest BCUT2D eigenvalue weighted by atomic mass is 35.5. The molecule has 8 heteroatoms. The molecule has 2 atom stereocenters. The number of likely N-dealkylation sites (tertiary alicyclic amines) is 1. The first-order valence-electron chi connectivity index (χ1n) is 7.65. The maximum absolute atomic E-state index is 13.8. The van der Waals surface area contributed by atoms with E-state index in [9.17, 15) is 14.0 Å². The molecule has 1 aromatic rings. The number of anilines is 1. The molecule has 0 unspecified atom stereocenters. The molecule has 1 saturated heterocycles. The Kier molecular flexibility index (Phi) is 5.79. The minimum atomic E-state index is -1.07. The van der Waals surface area contributed by atoms with Crippen LogP contribution in [0.1, 0.15) is 0 Å². The maximum Gasteiger partial charge on any atom is 0.237 e. The number of hydrogen-bond donors (Lipinski definition) is 2. The van der Waals surface area contributed by atoms with Crippen LogP contribution in [0.5, 0.6) is 0 Å². The van der Waals surface area contributed by atoms with E-state index < -0.39 is 23.6 Å². The zero-order chi connectivity index (χ0) is 18.7. The molecule has 1 aliphatic heterocycles. The van der Waals surface area contributed by atoms with Gasteiger partial charge < -0.3 is 20.5 Å². The van der Waals surface area contributed by atoms with Gasteiger partial charge in [0.2, 0.25) is 11.8 Å². The van der Waals surface area contributed by atoms with Gasteiger partial charge in [0.05, 0.1) is 5.69 Å². The Morgan fingerprint density at radius 2 is 2.08 bits per heavy atom. The first-order chi connectivity index (χ1) is 11.8. The molecule has 0 saturated carbocycles. The van der Waals surface area contributed by atoms with Crippen LogP contribution in [0.3, 0.4) is 0 Å². The molecular weight excluding hydrogens is 347 g/mol. The lowest BCUT2D eigenvalue weighted by molar-refractivity contribution is -0.135. The van der Waals surface area contributed by atoms with Gasteiger partial charge in [-0.1, -0.05) is 23.7 Å². The minimum Gasteiger partial charge on any atom is -0.368 e. The highest BCUT2D eigenvalue weighted by Crippen LogP contribution is 2.33. The Hall–Kier alpha value is -2.41. The van der Waals surface area contributed by atoms with E-state index in [-0.39, 0.29) is 23.3 Å². The SMILES string of the molecule is CN1C[C@H](/C(C=N)=C(\Cl)N(C)C)[C@@H](C(=O)Nc2ccccc2F)C1=O. The van der Waals surface area contributed by atoms with E-state index in [0.29, 0.717) is 5.57 Å². The van der Waals surface area contributed by atoms with Crippen LogP contribution in [0.2, 0.25) is 0 Å². The number of benzene rings is 1. The van der Waals surface area contributed by atoms with Crippen molar-refractivity contribution in [2.45, 2.75) is 0 Å². The lowest BCUT2D eigenvalue weighted by atomic mass is 9.88. The number of nitrogens with one attached hydrogen (secondary N) is 2. The van der Waals surface area contributed by atoms with Crippen LogP contribution in [0, 0.1) is 23.1 Å². The van der Waals surface area contributed by atoms with Gasteiger partial charge in [-0.25, -0.2) is 4.39 Å². The lowest BCUT2D eigenvalue weighted by Gasteiger charge is -2.21. The van der Waals surface area contributed by atoms with E-state index in [2.05, 4.69) is 5.32 Å². The van der Waals surface area contributed by atoms with Gasteiger partial charge >= 0.3 is 0 Å². The van der Waals surface area contributed by atoms with E-state index in [4.69, 9.17) is 17.0 Å². The van der Waals surface area contributed by atoms with Gasteiger partial charge in [-0.15, -0.1) is 0 Å². The van der Waals surface area contributed by atoms with Crippen molar-refractivity contribution < 1.29 is 14.0 Å². The molecule has 0 aliphatic carbocycles. The maximum atomic E-state index is 13.8. The molecule has 2 rings (SSSR count). The van der Waals surface area contributed by atoms with Crippen molar-refractivity contribution in [3.8, 4) is 0 Å². The zero-order valence-electron chi connectivity index (χ0n) is 14.2. The average Bonchev–Trinajstić information content (AvgIpc) is 2.85. The van der Waals surface area contributed by atoms with Crippen LogP contribution in [-0.2, 0) is 9.59 Å². The summed E-state index contributed by atoms with van der Waals surface area (Å²) in [6, 6.07) is 5.74. The Balaban J connectivity index is 2.36. The summed E-state index contributed by atoms with van der Waals surface area (Å²) in [4.78, 5) is 28.2. The van der Waals surface area contributed by atoms with Crippen molar-refractivity contribution in [1.82, 2.24) is 9.80 Å². The fourth-order valence-electron chi connectivity index (χ4n) is 2.82. The largest absolute Gasteiger partial charge is 0.368 e. The summed E-state index contributed by atoms with van der Waals surface area (Å²) in [6.45, 7) is 0.253. The quantitative estimate of drug-likeness (QED) is 0.476. The number of carbonyl (C=O) groups excluding carboxylic acids is 2. The van der Waals surface area contributed by atoms with Gasteiger partial charge in [0, 0.05) is 45.4 Å². The lowest BCUT2D eigenvalue weighted by Crippen LogP contribution is -2.34. The van der Waals surface area contributed by atoms with Gasteiger partial charge in [-0.2, -0.15) is 0 Å². The third kappa shape index (κ3) is 3.82. The minimum absolute atomic E-state index is 0.00712. The van der Waals surface area contributed by atoms with Crippen LogP contribution in [-0.4, -0.2) is 55.5 Å². The summed E-state index contributed by atoms with van der Waals surface area (Å²) in [7, 11) is 5.00. The molecule has 0 radical (unpaired) electrons. The summed E-state index contributed by atoms with van der Waals surface area (Å²) in [5.74, 6) is -3.25. The normalized spacial score (nSPS) is 21.0. The van der Waals surface area contributed by atoms with Crippen LogP contribution in [0.25, 0.3) is 0 Å². The second kappa shape index (κ2) is 7.65. The zero-order valence-corrected chi connectivity index (χ0v) is 15.0. The molecule has 0 bridgehead atoms. The molecule has 2 N–H and O–H groups in total. The van der Waals surface area contributed by atoms with E-state index in [1.165, 1.54) is 23.1 Å². The van der Waals surface area contributed by atoms with E-state index in [0.717, 1.165) is 6.21 Å². The molecule has 134 valence electrons. The predicted molar refractivity (Wildman–Crippen MR) is 95.0 cm³/mol. The Morgan fingerprint density at radius 1 is 1.44 bits per heavy atom. The van der Waals surface area contributed by atoms with Crippen molar-refractivity contribution >= 4 is 35.3 Å². The fraction of sp³-hybridized carbons (Fsp3) is 0.353. The van der Waals surface area contributed by atoms with Gasteiger partial charge in [0.1, 0.15) is 16.9 Å². The molecule has 0 spiro atoms. The standard InChI is InChI=1S/C17H20ClFN4O2/c1-22(2)15(18)10(8-20)11-9-23(3)17(25)14(11)16(24)21-13-7-5-4-6-12(13)19/h4-8,11,14,20H,9H2,1-3H3,(H,21,24)/b15-10+,20-8?/t11-,14+/m1/s1. The Morgan fingerprint density at radius 3 is 2.64 bits per heavy atom. The van der Waals surface area contributed by atoms with Gasteiger partial charge in [0.15, 0.2) is 0 Å². The Labute approximate surface area is 150 Å². The van der Waals surface area contributed by atoms with Crippen LogP contribution in [0.4, 0.5) is 10.1 Å². The van der Waals surface area contributed by atoms with Crippen molar-refractivity contribution in [3.05, 3.63) is 40.8 Å². The van der Waals surface area contributed by atoms with Crippen LogP contribution >= 0.6 is 11.6 Å². The van der Waals surface area contributed by atoms with Gasteiger partial charge in [-0.05, 0) is 12.1 Å². The number of halogens is 2. The Bertz CT molecular complexity index is 735. The summed E-state index contributed by atoms with van der Waals surface area (Å²) in [6.07, 6.45) is 1.06. The van der Waals surface area contributed by atoms with Crippen LogP contribution < -0.4 is 5.32 Å². The van der Waals surface area contributed by atoms with Crippen LogP contribution in [0.15, 0.2) is 35.0 Å². The third-order valence-corrected chi connectivity index (χ3v) is 4.67. The van der Waals surface area contributed by atoms with Gasteiger partial charge in [-0.3, -0.25) is 9.59 Å².